The molecule has 3 heteroatoms. The van der Waals surface area contributed by atoms with E-state index in [1.165, 1.54) is 0 Å². The highest BCUT2D eigenvalue weighted by atomic mass is 16.6. The van der Waals surface area contributed by atoms with E-state index in [1.54, 1.807) is 0 Å². The van der Waals surface area contributed by atoms with Gasteiger partial charge in [-0.05, 0) is 18.8 Å². The zero-order valence-corrected chi connectivity index (χ0v) is 5.95. The van der Waals surface area contributed by atoms with Crippen LogP contribution in [0.5, 0.6) is 0 Å². The molecular formula is C7H13O3. The van der Waals surface area contributed by atoms with Crippen molar-refractivity contribution in [3.05, 3.63) is 0 Å². The van der Waals surface area contributed by atoms with Crippen LogP contribution in [0.15, 0.2) is 0 Å². The number of aliphatic hydroxyl groups excluding tert-OH is 1. The maximum absolute atomic E-state index is 10.7. The molecule has 0 spiro atoms. The van der Waals surface area contributed by atoms with Gasteiger partial charge in [0, 0.05) is 13.0 Å². The summed E-state index contributed by atoms with van der Waals surface area (Å²) < 4.78 is 4.82. The number of hydrogen-bond acceptors (Lipinski definition) is 2. The van der Waals surface area contributed by atoms with Crippen LogP contribution in [0.25, 0.3) is 0 Å². The van der Waals surface area contributed by atoms with E-state index in [1.807, 2.05) is 0 Å². The Bertz CT molecular complexity index is 92.9. The van der Waals surface area contributed by atoms with Gasteiger partial charge < -0.3 is 9.84 Å². The second-order valence-corrected chi connectivity index (χ2v) is 2.70. The molecule has 1 rings (SSSR count). The van der Waals surface area contributed by atoms with E-state index in [0.29, 0.717) is 18.9 Å². The fraction of sp³-hybridized carbons (Fsp3) is 1.00. The van der Waals surface area contributed by atoms with Crippen LogP contribution in [0.4, 0.5) is 0 Å². The summed E-state index contributed by atoms with van der Waals surface area (Å²) >= 11 is 0. The smallest absolute Gasteiger partial charge is 0.191 e. The summed E-state index contributed by atoms with van der Waals surface area (Å²) in [5, 5.41) is 19.3. The van der Waals surface area contributed by atoms with Crippen molar-refractivity contribution >= 4 is 0 Å². The molecule has 1 N–H and O–H groups in total. The Morgan fingerprint density at radius 3 is 3.00 bits per heavy atom. The molecule has 0 aliphatic carbocycles. The molecule has 0 amide bonds. The SMILES string of the molecule is [O]C1CC(CCO)CCO1. The quantitative estimate of drug-likeness (QED) is 0.617. The van der Waals surface area contributed by atoms with Crippen molar-refractivity contribution in [1.29, 1.82) is 0 Å². The summed E-state index contributed by atoms with van der Waals surface area (Å²) in [5.41, 5.74) is 0. The Hall–Kier alpha value is -0.120. The Labute approximate surface area is 60.6 Å². The first kappa shape index (κ1) is 7.98. The van der Waals surface area contributed by atoms with Gasteiger partial charge in [0.1, 0.15) is 0 Å². The summed E-state index contributed by atoms with van der Waals surface area (Å²) in [4.78, 5) is 0. The lowest BCUT2D eigenvalue weighted by Crippen LogP contribution is -2.24. The average Bonchev–Trinajstić information content (AvgIpc) is 1.88. The van der Waals surface area contributed by atoms with Gasteiger partial charge in [0.05, 0.1) is 6.61 Å². The number of hydrogen-bond donors (Lipinski definition) is 1. The van der Waals surface area contributed by atoms with Crippen molar-refractivity contribution in [3.63, 3.8) is 0 Å². The third-order valence-electron chi connectivity index (χ3n) is 1.89. The summed E-state index contributed by atoms with van der Waals surface area (Å²) in [5.74, 6) is 0.390. The molecule has 2 unspecified atom stereocenters. The van der Waals surface area contributed by atoms with Crippen LogP contribution in [0.1, 0.15) is 19.3 Å². The lowest BCUT2D eigenvalue weighted by atomic mass is 9.96. The van der Waals surface area contributed by atoms with Crippen molar-refractivity contribution in [1.82, 2.24) is 0 Å². The lowest BCUT2D eigenvalue weighted by Gasteiger charge is -2.23. The minimum Gasteiger partial charge on any atom is -0.396 e. The Kier molecular flexibility index (Phi) is 3.12. The molecule has 0 aromatic rings. The summed E-state index contributed by atoms with van der Waals surface area (Å²) in [6.07, 6.45) is 1.41. The fourth-order valence-corrected chi connectivity index (χ4v) is 1.27. The van der Waals surface area contributed by atoms with Gasteiger partial charge in [0.15, 0.2) is 6.29 Å². The van der Waals surface area contributed by atoms with Crippen molar-refractivity contribution in [3.8, 4) is 0 Å². The highest BCUT2D eigenvalue weighted by Crippen LogP contribution is 2.21. The Balaban J connectivity index is 2.18. The first-order chi connectivity index (χ1) is 4.83. The molecule has 1 aliphatic heterocycles. The van der Waals surface area contributed by atoms with Crippen LogP contribution in [0, 0.1) is 5.92 Å². The van der Waals surface area contributed by atoms with Crippen LogP contribution in [0.3, 0.4) is 0 Å². The molecule has 10 heavy (non-hydrogen) atoms. The molecule has 1 fully saturated rings. The minimum absolute atomic E-state index is 0.192. The van der Waals surface area contributed by atoms with Crippen molar-refractivity contribution in [2.45, 2.75) is 25.6 Å². The number of ether oxygens (including phenoxy) is 1. The Morgan fingerprint density at radius 2 is 2.40 bits per heavy atom. The summed E-state index contributed by atoms with van der Waals surface area (Å²) in [6.45, 7) is 0.760. The molecule has 1 saturated heterocycles. The normalized spacial score (nSPS) is 34.2. The molecule has 0 bridgehead atoms. The third kappa shape index (κ3) is 2.25. The van der Waals surface area contributed by atoms with Gasteiger partial charge in [-0.25, -0.2) is 5.11 Å². The highest BCUT2D eigenvalue weighted by Gasteiger charge is 2.20. The monoisotopic (exact) mass is 145 g/mol. The molecule has 0 aromatic heterocycles. The van der Waals surface area contributed by atoms with E-state index in [9.17, 15) is 5.11 Å². The lowest BCUT2D eigenvalue weighted by molar-refractivity contribution is -0.174. The van der Waals surface area contributed by atoms with Gasteiger partial charge in [-0.2, -0.15) is 0 Å². The highest BCUT2D eigenvalue weighted by molar-refractivity contribution is 4.64. The van der Waals surface area contributed by atoms with Crippen LogP contribution in [0.2, 0.25) is 0 Å². The van der Waals surface area contributed by atoms with Gasteiger partial charge in [-0.15, -0.1) is 0 Å². The second kappa shape index (κ2) is 3.91. The second-order valence-electron chi connectivity index (χ2n) is 2.70. The van der Waals surface area contributed by atoms with E-state index < -0.39 is 6.29 Å². The van der Waals surface area contributed by atoms with Crippen LogP contribution < -0.4 is 0 Å². The van der Waals surface area contributed by atoms with E-state index in [4.69, 9.17) is 9.84 Å². The third-order valence-corrected chi connectivity index (χ3v) is 1.89. The van der Waals surface area contributed by atoms with Crippen molar-refractivity contribution in [2.75, 3.05) is 13.2 Å². The Morgan fingerprint density at radius 1 is 1.60 bits per heavy atom. The van der Waals surface area contributed by atoms with Gasteiger partial charge in [-0.1, -0.05) is 0 Å². The minimum atomic E-state index is -0.842. The van der Waals surface area contributed by atoms with Crippen LogP contribution in [-0.2, 0) is 9.84 Å². The van der Waals surface area contributed by atoms with E-state index >= 15 is 0 Å². The molecule has 1 aliphatic rings. The zero-order chi connectivity index (χ0) is 7.40. The molecule has 3 nitrogen and oxygen atoms in total. The average molecular weight is 145 g/mol. The fourth-order valence-electron chi connectivity index (χ4n) is 1.27. The standard InChI is InChI=1S/C7H13O3/c8-3-1-6-2-4-10-7(9)5-6/h6-8H,1-5H2. The van der Waals surface area contributed by atoms with E-state index in [0.717, 1.165) is 12.8 Å². The van der Waals surface area contributed by atoms with Crippen LogP contribution in [-0.4, -0.2) is 24.6 Å². The molecule has 0 aromatic carbocycles. The first-order valence-electron chi connectivity index (χ1n) is 3.71. The van der Waals surface area contributed by atoms with E-state index in [-0.39, 0.29) is 6.61 Å². The largest absolute Gasteiger partial charge is 0.396 e. The van der Waals surface area contributed by atoms with Gasteiger partial charge in [0.2, 0.25) is 0 Å². The van der Waals surface area contributed by atoms with Gasteiger partial charge in [0.25, 0.3) is 0 Å². The molecule has 0 saturated carbocycles. The molecule has 1 radical (unpaired) electrons. The topological polar surface area (TPSA) is 49.4 Å². The van der Waals surface area contributed by atoms with Crippen molar-refractivity contribution < 1.29 is 14.9 Å². The van der Waals surface area contributed by atoms with Gasteiger partial charge >= 0.3 is 0 Å². The van der Waals surface area contributed by atoms with Gasteiger partial charge in [-0.3, -0.25) is 0 Å². The number of rotatable bonds is 2. The maximum atomic E-state index is 10.7. The zero-order valence-electron chi connectivity index (χ0n) is 5.95. The maximum Gasteiger partial charge on any atom is 0.191 e. The number of aliphatic hydroxyl groups is 1. The molecular weight excluding hydrogens is 132 g/mol. The first-order valence-corrected chi connectivity index (χ1v) is 3.71. The van der Waals surface area contributed by atoms with Crippen LogP contribution >= 0.6 is 0 Å². The molecule has 59 valence electrons. The predicted octanol–water partition coefficient (Wildman–Crippen LogP) is 0.552. The summed E-state index contributed by atoms with van der Waals surface area (Å²) in [6, 6.07) is 0. The van der Waals surface area contributed by atoms with E-state index in [2.05, 4.69) is 0 Å². The predicted molar refractivity (Wildman–Crippen MR) is 34.9 cm³/mol. The molecule has 2 atom stereocenters. The molecule has 1 heterocycles. The summed E-state index contributed by atoms with van der Waals surface area (Å²) in [7, 11) is 0. The van der Waals surface area contributed by atoms with Crippen molar-refractivity contribution in [2.24, 2.45) is 5.92 Å².